The number of aromatic nitrogens is 1. The lowest BCUT2D eigenvalue weighted by molar-refractivity contribution is 0.453. The number of fused-ring (bicyclic) bond motifs is 1. The van der Waals surface area contributed by atoms with Crippen molar-refractivity contribution in [2.75, 3.05) is 6.54 Å². The van der Waals surface area contributed by atoms with Crippen molar-refractivity contribution in [2.45, 2.75) is 13.0 Å². The van der Waals surface area contributed by atoms with Crippen molar-refractivity contribution >= 4 is 22.5 Å². The molecule has 0 aliphatic heterocycles. The highest BCUT2D eigenvalue weighted by molar-refractivity contribution is 6.28. The fraction of sp³-hybridized carbons (Fsp3) is 0.188. The maximum atomic E-state index is 5.88. The molecule has 1 aromatic carbocycles. The summed E-state index contributed by atoms with van der Waals surface area (Å²) in [5, 5.41) is 4.95. The van der Waals surface area contributed by atoms with Crippen LogP contribution in [0.2, 0.25) is 5.22 Å². The molecule has 1 unspecified atom stereocenters. The van der Waals surface area contributed by atoms with Crippen LogP contribution in [0.4, 0.5) is 0 Å². The minimum absolute atomic E-state index is 0.0149. The molecule has 2 aromatic heterocycles. The number of halogens is 1. The summed E-state index contributed by atoms with van der Waals surface area (Å²) < 4.78 is 5.55. The van der Waals surface area contributed by atoms with Gasteiger partial charge in [0.25, 0.3) is 0 Å². The van der Waals surface area contributed by atoms with Crippen molar-refractivity contribution < 1.29 is 4.42 Å². The third-order valence-electron chi connectivity index (χ3n) is 3.25. The molecule has 0 saturated heterocycles. The van der Waals surface area contributed by atoms with Crippen molar-refractivity contribution in [1.82, 2.24) is 10.3 Å². The molecule has 0 aliphatic rings. The summed E-state index contributed by atoms with van der Waals surface area (Å²) in [6, 6.07) is 13.9. The molecular formula is C16H15ClN2O. The van der Waals surface area contributed by atoms with Crippen molar-refractivity contribution in [3.8, 4) is 0 Å². The molecule has 2 heterocycles. The molecule has 20 heavy (non-hydrogen) atoms. The summed E-state index contributed by atoms with van der Waals surface area (Å²) in [6.45, 7) is 2.90. The molecule has 3 aromatic rings. The lowest BCUT2D eigenvalue weighted by Crippen LogP contribution is -2.21. The molecule has 4 heteroatoms. The van der Waals surface area contributed by atoms with E-state index in [0.29, 0.717) is 5.22 Å². The van der Waals surface area contributed by atoms with E-state index in [1.807, 2.05) is 12.1 Å². The number of pyridine rings is 1. The van der Waals surface area contributed by atoms with Gasteiger partial charge >= 0.3 is 0 Å². The third-order valence-corrected chi connectivity index (χ3v) is 3.45. The predicted octanol–water partition coefficient (Wildman–Crippen LogP) is 4.18. The summed E-state index contributed by atoms with van der Waals surface area (Å²) in [5.74, 6) is 0.812. The van der Waals surface area contributed by atoms with Crippen LogP contribution in [0.3, 0.4) is 0 Å². The highest BCUT2D eigenvalue weighted by Gasteiger charge is 2.17. The second kappa shape index (κ2) is 5.65. The van der Waals surface area contributed by atoms with Crippen LogP contribution in [0.25, 0.3) is 10.9 Å². The molecule has 0 amide bonds. The first-order valence-electron chi connectivity index (χ1n) is 6.61. The SMILES string of the molecule is CCNC(c1ccc2cccnc2c1)c1ccc(Cl)o1. The van der Waals surface area contributed by atoms with Gasteiger partial charge in [0.05, 0.1) is 11.6 Å². The molecule has 0 aliphatic carbocycles. The van der Waals surface area contributed by atoms with E-state index in [4.69, 9.17) is 16.0 Å². The van der Waals surface area contributed by atoms with E-state index in [1.165, 1.54) is 0 Å². The van der Waals surface area contributed by atoms with Gasteiger partial charge < -0.3 is 9.73 Å². The zero-order valence-corrected chi connectivity index (χ0v) is 11.9. The number of rotatable bonds is 4. The van der Waals surface area contributed by atoms with Crippen molar-refractivity contribution in [3.63, 3.8) is 0 Å². The summed E-state index contributed by atoms with van der Waals surface area (Å²) >= 11 is 5.88. The molecule has 3 rings (SSSR count). The fourth-order valence-corrected chi connectivity index (χ4v) is 2.49. The maximum absolute atomic E-state index is 5.88. The van der Waals surface area contributed by atoms with Crippen LogP contribution in [0, 0.1) is 0 Å². The third kappa shape index (κ3) is 2.55. The van der Waals surface area contributed by atoms with Crippen molar-refractivity contribution in [2.24, 2.45) is 0 Å². The van der Waals surface area contributed by atoms with Crippen LogP contribution in [0.15, 0.2) is 53.1 Å². The second-order valence-electron chi connectivity index (χ2n) is 4.59. The highest BCUT2D eigenvalue weighted by atomic mass is 35.5. The molecule has 1 atom stereocenters. The van der Waals surface area contributed by atoms with Crippen LogP contribution >= 0.6 is 11.6 Å². The average Bonchev–Trinajstić information content (AvgIpc) is 2.90. The Bertz CT molecular complexity index is 723. The van der Waals surface area contributed by atoms with Gasteiger partial charge in [-0.1, -0.05) is 25.1 Å². The molecule has 0 fully saturated rings. The van der Waals surface area contributed by atoms with Gasteiger partial charge in [0.2, 0.25) is 0 Å². The normalized spacial score (nSPS) is 12.7. The molecule has 1 N–H and O–H groups in total. The number of nitrogens with zero attached hydrogens (tertiary/aromatic N) is 1. The Hall–Kier alpha value is -1.84. The Labute approximate surface area is 122 Å². The molecule has 102 valence electrons. The number of nitrogens with one attached hydrogen (secondary N) is 1. The Balaban J connectivity index is 2.04. The zero-order chi connectivity index (χ0) is 13.9. The first kappa shape index (κ1) is 13.2. The Morgan fingerprint density at radius 3 is 2.90 bits per heavy atom. The summed E-state index contributed by atoms with van der Waals surface area (Å²) in [6.07, 6.45) is 1.80. The van der Waals surface area contributed by atoms with Gasteiger partial charge in [0.1, 0.15) is 5.76 Å². The number of hydrogen-bond acceptors (Lipinski definition) is 3. The summed E-state index contributed by atoms with van der Waals surface area (Å²) in [7, 11) is 0. The molecule has 0 radical (unpaired) electrons. The number of benzene rings is 1. The van der Waals surface area contributed by atoms with Crippen LogP contribution in [-0.4, -0.2) is 11.5 Å². The maximum Gasteiger partial charge on any atom is 0.193 e. The Kier molecular flexibility index (Phi) is 3.72. The smallest absolute Gasteiger partial charge is 0.193 e. The van der Waals surface area contributed by atoms with E-state index >= 15 is 0 Å². The van der Waals surface area contributed by atoms with Gasteiger partial charge in [-0.25, -0.2) is 0 Å². The van der Waals surface area contributed by atoms with Gasteiger partial charge in [-0.15, -0.1) is 0 Å². The second-order valence-corrected chi connectivity index (χ2v) is 4.96. The minimum atomic E-state index is -0.0149. The van der Waals surface area contributed by atoms with E-state index in [9.17, 15) is 0 Å². The first-order valence-corrected chi connectivity index (χ1v) is 6.99. The lowest BCUT2D eigenvalue weighted by atomic mass is 10.0. The van der Waals surface area contributed by atoms with E-state index in [2.05, 4.69) is 41.5 Å². The number of furan rings is 1. The molecular weight excluding hydrogens is 272 g/mol. The van der Waals surface area contributed by atoms with Crippen LogP contribution < -0.4 is 5.32 Å². The van der Waals surface area contributed by atoms with Crippen LogP contribution in [0.1, 0.15) is 24.3 Å². The van der Waals surface area contributed by atoms with Crippen LogP contribution in [-0.2, 0) is 0 Å². The van der Waals surface area contributed by atoms with Gasteiger partial charge in [0.15, 0.2) is 5.22 Å². The minimum Gasteiger partial charge on any atom is -0.448 e. The largest absolute Gasteiger partial charge is 0.448 e. The van der Waals surface area contributed by atoms with E-state index in [1.54, 1.807) is 12.3 Å². The average molecular weight is 287 g/mol. The highest BCUT2D eigenvalue weighted by Crippen LogP contribution is 2.27. The predicted molar refractivity (Wildman–Crippen MR) is 81.0 cm³/mol. The molecule has 0 spiro atoms. The fourth-order valence-electron chi connectivity index (χ4n) is 2.33. The molecule has 0 bridgehead atoms. The van der Waals surface area contributed by atoms with Gasteiger partial charge in [-0.2, -0.15) is 0 Å². The van der Waals surface area contributed by atoms with Gasteiger partial charge in [-0.05, 0) is 48.0 Å². The topological polar surface area (TPSA) is 38.1 Å². The number of hydrogen-bond donors (Lipinski definition) is 1. The van der Waals surface area contributed by atoms with Crippen molar-refractivity contribution in [3.05, 3.63) is 65.2 Å². The van der Waals surface area contributed by atoms with Gasteiger partial charge in [-0.3, -0.25) is 4.98 Å². The quantitative estimate of drug-likeness (QED) is 0.782. The monoisotopic (exact) mass is 286 g/mol. The zero-order valence-electron chi connectivity index (χ0n) is 11.1. The standard InChI is InChI=1S/C16H15ClN2O/c1-2-18-16(14-7-8-15(17)20-14)12-6-5-11-4-3-9-19-13(11)10-12/h3-10,16,18H,2H2,1H3. The molecule has 0 saturated carbocycles. The van der Waals surface area contributed by atoms with Crippen LogP contribution in [0.5, 0.6) is 0 Å². The van der Waals surface area contributed by atoms with E-state index < -0.39 is 0 Å². The molecule has 3 nitrogen and oxygen atoms in total. The first-order chi connectivity index (χ1) is 9.78. The van der Waals surface area contributed by atoms with Gasteiger partial charge in [0, 0.05) is 11.6 Å². The van der Waals surface area contributed by atoms with E-state index in [0.717, 1.165) is 28.8 Å². The van der Waals surface area contributed by atoms with Crippen molar-refractivity contribution in [1.29, 1.82) is 0 Å². The summed E-state index contributed by atoms with van der Waals surface area (Å²) in [4.78, 5) is 4.40. The Morgan fingerprint density at radius 2 is 2.15 bits per heavy atom. The van der Waals surface area contributed by atoms with E-state index in [-0.39, 0.29) is 6.04 Å². The lowest BCUT2D eigenvalue weighted by Gasteiger charge is -2.16. The summed E-state index contributed by atoms with van der Waals surface area (Å²) in [5.41, 5.74) is 2.09. The Morgan fingerprint density at radius 1 is 1.25 bits per heavy atom.